The smallest absolute Gasteiger partial charge is 0.416 e. The molecule has 5 heteroatoms. The van der Waals surface area contributed by atoms with E-state index in [0.717, 1.165) is 12.1 Å². The highest BCUT2D eigenvalue weighted by Crippen LogP contribution is 2.32. The second kappa shape index (κ2) is 3.66. The number of aryl methyl sites for hydroxylation is 1. The Morgan fingerprint density at radius 2 is 2.00 bits per heavy atom. The number of oxazole rings is 1. The molecular formula is C11H8F3NO. The van der Waals surface area contributed by atoms with Gasteiger partial charge in [0.05, 0.1) is 11.8 Å². The molecule has 1 aromatic heterocycles. The van der Waals surface area contributed by atoms with Gasteiger partial charge in [-0.15, -0.1) is 0 Å². The standard InChI is InChI=1S/C11H8F3NO/c1-7-15-6-10(16-7)8-3-2-4-9(5-8)11(12,13)14/h2-6H,1H3. The number of halogens is 3. The predicted molar refractivity (Wildman–Crippen MR) is 51.7 cm³/mol. The minimum absolute atomic E-state index is 0.337. The zero-order valence-electron chi connectivity index (χ0n) is 8.38. The SMILES string of the molecule is Cc1ncc(-c2cccc(C(F)(F)F)c2)o1. The summed E-state index contributed by atoms with van der Waals surface area (Å²) >= 11 is 0. The van der Waals surface area contributed by atoms with Crippen molar-refractivity contribution in [1.29, 1.82) is 0 Å². The summed E-state index contributed by atoms with van der Waals surface area (Å²) in [4.78, 5) is 3.84. The van der Waals surface area contributed by atoms with Crippen molar-refractivity contribution in [2.75, 3.05) is 0 Å². The molecule has 0 unspecified atom stereocenters. The fraction of sp³-hybridized carbons (Fsp3) is 0.182. The number of alkyl halides is 3. The summed E-state index contributed by atoms with van der Waals surface area (Å²) in [6, 6.07) is 4.96. The minimum Gasteiger partial charge on any atom is -0.441 e. The van der Waals surface area contributed by atoms with Crippen molar-refractivity contribution in [3.63, 3.8) is 0 Å². The van der Waals surface area contributed by atoms with Crippen LogP contribution in [-0.2, 0) is 6.18 Å². The highest BCUT2D eigenvalue weighted by Gasteiger charge is 2.30. The maximum atomic E-state index is 12.4. The third-order valence-corrected chi connectivity index (χ3v) is 2.10. The van der Waals surface area contributed by atoms with Gasteiger partial charge in [-0.25, -0.2) is 4.98 Å². The van der Waals surface area contributed by atoms with E-state index >= 15 is 0 Å². The van der Waals surface area contributed by atoms with Crippen LogP contribution < -0.4 is 0 Å². The monoisotopic (exact) mass is 227 g/mol. The van der Waals surface area contributed by atoms with Gasteiger partial charge in [0.1, 0.15) is 0 Å². The number of hydrogen-bond acceptors (Lipinski definition) is 2. The molecule has 2 rings (SSSR count). The maximum absolute atomic E-state index is 12.4. The Balaban J connectivity index is 2.44. The molecule has 0 spiro atoms. The Bertz CT molecular complexity index is 502. The molecule has 0 bridgehead atoms. The van der Waals surface area contributed by atoms with E-state index in [-0.39, 0.29) is 0 Å². The molecule has 84 valence electrons. The molecule has 2 nitrogen and oxygen atoms in total. The molecule has 0 atom stereocenters. The fourth-order valence-corrected chi connectivity index (χ4v) is 1.34. The Labute approximate surface area is 89.7 Å². The van der Waals surface area contributed by atoms with Gasteiger partial charge < -0.3 is 4.42 Å². The molecule has 0 saturated heterocycles. The highest BCUT2D eigenvalue weighted by atomic mass is 19.4. The third-order valence-electron chi connectivity index (χ3n) is 2.10. The van der Waals surface area contributed by atoms with Crippen molar-refractivity contribution < 1.29 is 17.6 Å². The van der Waals surface area contributed by atoms with Crippen LogP contribution in [0.1, 0.15) is 11.5 Å². The van der Waals surface area contributed by atoms with Crippen molar-refractivity contribution >= 4 is 0 Å². The van der Waals surface area contributed by atoms with Crippen LogP contribution >= 0.6 is 0 Å². The average Bonchev–Trinajstić information content (AvgIpc) is 2.64. The Morgan fingerprint density at radius 3 is 2.56 bits per heavy atom. The molecule has 1 aromatic carbocycles. The van der Waals surface area contributed by atoms with E-state index in [0.29, 0.717) is 17.2 Å². The minimum atomic E-state index is -4.34. The van der Waals surface area contributed by atoms with Crippen LogP contribution in [-0.4, -0.2) is 4.98 Å². The molecule has 16 heavy (non-hydrogen) atoms. The molecule has 0 amide bonds. The second-order valence-corrected chi connectivity index (χ2v) is 3.32. The molecule has 1 heterocycles. The fourth-order valence-electron chi connectivity index (χ4n) is 1.34. The van der Waals surface area contributed by atoms with Crippen LogP contribution in [0.15, 0.2) is 34.9 Å². The molecule has 0 aliphatic heterocycles. The van der Waals surface area contributed by atoms with Gasteiger partial charge >= 0.3 is 6.18 Å². The molecule has 0 N–H and O–H groups in total. The van der Waals surface area contributed by atoms with Gasteiger partial charge in [-0.1, -0.05) is 12.1 Å². The number of nitrogens with zero attached hydrogens (tertiary/aromatic N) is 1. The van der Waals surface area contributed by atoms with Crippen LogP contribution in [0.5, 0.6) is 0 Å². The van der Waals surface area contributed by atoms with E-state index in [1.54, 1.807) is 13.0 Å². The van der Waals surface area contributed by atoms with Crippen molar-refractivity contribution in [3.05, 3.63) is 41.9 Å². The summed E-state index contributed by atoms with van der Waals surface area (Å²) in [5.74, 6) is 0.760. The lowest BCUT2D eigenvalue weighted by Gasteiger charge is -2.06. The van der Waals surface area contributed by atoms with Crippen LogP contribution in [0, 0.1) is 6.92 Å². The van der Waals surface area contributed by atoms with E-state index < -0.39 is 11.7 Å². The lowest BCUT2D eigenvalue weighted by atomic mass is 10.1. The largest absolute Gasteiger partial charge is 0.441 e. The van der Waals surface area contributed by atoms with Crippen molar-refractivity contribution in [1.82, 2.24) is 4.98 Å². The van der Waals surface area contributed by atoms with Gasteiger partial charge in [0.2, 0.25) is 0 Å². The number of rotatable bonds is 1. The van der Waals surface area contributed by atoms with E-state index in [1.165, 1.54) is 12.3 Å². The molecule has 0 fully saturated rings. The van der Waals surface area contributed by atoms with E-state index in [1.807, 2.05) is 0 Å². The van der Waals surface area contributed by atoms with Crippen LogP contribution in [0.3, 0.4) is 0 Å². The normalized spacial score (nSPS) is 11.8. The first-order chi connectivity index (χ1) is 7.47. The summed E-state index contributed by atoms with van der Waals surface area (Å²) in [5, 5.41) is 0. The topological polar surface area (TPSA) is 26.0 Å². The molecule has 2 aromatic rings. The third kappa shape index (κ3) is 2.08. The van der Waals surface area contributed by atoms with E-state index in [2.05, 4.69) is 4.98 Å². The number of hydrogen-bond donors (Lipinski definition) is 0. The summed E-state index contributed by atoms with van der Waals surface area (Å²) in [5.41, 5.74) is -0.325. The Morgan fingerprint density at radius 1 is 1.25 bits per heavy atom. The van der Waals surface area contributed by atoms with Crippen molar-refractivity contribution in [3.8, 4) is 11.3 Å². The highest BCUT2D eigenvalue weighted by molar-refractivity contribution is 5.57. The van der Waals surface area contributed by atoms with Crippen LogP contribution in [0.4, 0.5) is 13.2 Å². The molecule has 0 aliphatic carbocycles. The molecule has 0 saturated carbocycles. The quantitative estimate of drug-likeness (QED) is 0.742. The van der Waals surface area contributed by atoms with Gasteiger partial charge in [0.15, 0.2) is 11.7 Å². The van der Waals surface area contributed by atoms with Gasteiger partial charge in [-0.3, -0.25) is 0 Å². The second-order valence-electron chi connectivity index (χ2n) is 3.32. The summed E-state index contributed by atoms with van der Waals surface area (Å²) in [7, 11) is 0. The number of benzene rings is 1. The lowest BCUT2D eigenvalue weighted by molar-refractivity contribution is -0.137. The summed E-state index contributed by atoms with van der Waals surface area (Å²) in [6.07, 6.45) is -2.93. The first-order valence-electron chi connectivity index (χ1n) is 4.57. The first kappa shape index (κ1) is 10.7. The first-order valence-corrected chi connectivity index (χ1v) is 4.57. The Kier molecular flexibility index (Phi) is 2.46. The Hall–Kier alpha value is -1.78. The van der Waals surface area contributed by atoms with Gasteiger partial charge in [0, 0.05) is 12.5 Å². The summed E-state index contributed by atoms with van der Waals surface area (Å²) in [6.45, 7) is 1.64. The zero-order chi connectivity index (χ0) is 11.8. The molecule has 0 radical (unpaired) electrons. The van der Waals surface area contributed by atoms with Gasteiger partial charge in [-0.2, -0.15) is 13.2 Å². The predicted octanol–water partition coefficient (Wildman–Crippen LogP) is 3.67. The zero-order valence-corrected chi connectivity index (χ0v) is 8.38. The summed E-state index contributed by atoms with van der Waals surface area (Å²) < 4.78 is 42.5. The van der Waals surface area contributed by atoms with E-state index in [4.69, 9.17) is 4.42 Å². The van der Waals surface area contributed by atoms with Crippen LogP contribution in [0.25, 0.3) is 11.3 Å². The van der Waals surface area contributed by atoms with Crippen molar-refractivity contribution in [2.45, 2.75) is 13.1 Å². The van der Waals surface area contributed by atoms with Crippen molar-refractivity contribution in [2.24, 2.45) is 0 Å². The van der Waals surface area contributed by atoms with E-state index in [9.17, 15) is 13.2 Å². The lowest BCUT2D eigenvalue weighted by Crippen LogP contribution is -2.04. The molecule has 0 aliphatic rings. The number of aromatic nitrogens is 1. The van der Waals surface area contributed by atoms with Crippen LogP contribution in [0.2, 0.25) is 0 Å². The average molecular weight is 227 g/mol. The maximum Gasteiger partial charge on any atom is 0.416 e. The molecular weight excluding hydrogens is 219 g/mol. The van der Waals surface area contributed by atoms with Gasteiger partial charge in [0.25, 0.3) is 0 Å². The van der Waals surface area contributed by atoms with Gasteiger partial charge in [-0.05, 0) is 12.1 Å².